The lowest BCUT2D eigenvalue weighted by Gasteiger charge is -2.28. The predicted molar refractivity (Wildman–Crippen MR) is 113 cm³/mol. The van der Waals surface area contributed by atoms with Gasteiger partial charge in [-0.05, 0) is 74.2 Å². The van der Waals surface area contributed by atoms with Crippen molar-refractivity contribution in [1.29, 1.82) is 0 Å². The van der Waals surface area contributed by atoms with Gasteiger partial charge in [0.15, 0.2) is 0 Å². The van der Waals surface area contributed by atoms with E-state index in [-0.39, 0.29) is 11.7 Å². The van der Waals surface area contributed by atoms with E-state index in [0.29, 0.717) is 24.2 Å². The molecule has 6 nitrogen and oxygen atoms in total. The van der Waals surface area contributed by atoms with Crippen molar-refractivity contribution in [2.45, 2.75) is 25.7 Å². The van der Waals surface area contributed by atoms with Gasteiger partial charge >= 0.3 is 0 Å². The largest absolute Gasteiger partial charge is 0.372 e. The summed E-state index contributed by atoms with van der Waals surface area (Å²) in [5.41, 5.74) is 3.05. The van der Waals surface area contributed by atoms with Crippen LogP contribution in [0.25, 0.3) is 0 Å². The second-order valence-electron chi connectivity index (χ2n) is 7.34. The molecule has 28 heavy (non-hydrogen) atoms. The lowest BCUT2D eigenvalue weighted by Crippen LogP contribution is -2.29. The zero-order valence-electron chi connectivity index (χ0n) is 15.8. The third kappa shape index (κ3) is 3.99. The monoisotopic (exact) mass is 399 g/mol. The molecular formula is C21H25N3O3S. The molecule has 2 aliphatic heterocycles. The number of piperidine rings is 1. The number of hydrogen-bond acceptors (Lipinski definition) is 4. The van der Waals surface area contributed by atoms with Gasteiger partial charge < -0.3 is 10.2 Å². The van der Waals surface area contributed by atoms with Gasteiger partial charge in [0.05, 0.1) is 11.4 Å². The molecule has 0 unspecified atom stereocenters. The first-order valence-corrected chi connectivity index (χ1v) is 11.4. The molecule has 0 aromatic heterocycles. The quantitative estimate of drug-likeness (QED) is 0.855. The Kier molecular flexibility index (Phi) is 5.26. The number of sulfonamides is 1. The summed E-state index contributed by atoms with van der Waals surface area (Å²) in [5, 5.41) is 2.90. The van der Waals surface area contributed by atoms with Gasteiger partial charge in [0.1, 0.15) is 0 Å². The van der Waals surface area contributed by atoms with Crippen LogP contribution in [0.2, 0.25) is 0 Å². The van der Waals surface area contributed by atoms with Crippen LogP contribution in [-0.2, 0) is 10.0 Å². The zero-order chi connectivity index (χ0) is 19.6. The van der Waals surface area contributed by atoms with Crippen LogP contribution in [-0.4, -0.2) is 39.7 Å². The van der Waals surface area contributed by atoms with Crippen LogP contribution in [0.3, 0.4) is 0 Å². The van der Waals surface area contributed by atoms with Crippen molar-refractivity contribution in [2.24, 2.45) is 0 Å². The van der Waals surface area contributed by atoms with Crippen molar-refractivity contribution in [3.63, 3.8) is 0 Å². The minimum absolute atomic E-state index is 0.183. The van der Waals surface area contributed by atoms with Crippen molar-refractivity contribution in [1.82, 2.24) is 0 Å². The van der Waals surface area contributed by atoms with Crippen LogP contribution in [0.1, 0.15) is 36.0 Å². The van der Waals surface area contributed by atoms with E-state index in [4.69, 9.17) is 0 Å². The van der Waals surface area contributed by atoms with E-state index >= 15 is 0 Å². The van der Waals surface area contributed by atoms with Crippen molar-refractivity contribution in [3.8, 4) is 0 Å². The maximum atomic E-state index is 12.5. The summed E-state index contributed by atoms with van der Waals surface area (Å²) in [7, 11) is -3.21. The molecule has 2 fully saturated rings. The molecule has 0 bridgehead atoms. The minimum Gasteiger partial charge on any atom is -0.372 e. The molecule has 1 N–H and O–H groups in total. The number of rotatable bonds is 4. The van der Waals surface area contributed by atoms with Crippen molar-refractivity contribution < 1.29 is 13.2 Å². The zero-order valence-corrected chi connectivity index (χ0v) is 16.6. The Bertz CT molecular complexity index is 934. The molecule has 2 saturated heterocycles. The first-order valence-electron chi connectivity index (χ1n) is 9.80. The maximum absolute atomic E-state index is 12.5. The lowest BCUT2D eigenvalue weighted by molar-refractivity contribution is 0.102. The van der Waals surface area contributed by atoms with Gasteiger partial charge in [-0.25, -0.2) is 8.42 Å². The topological polar surface area (TPSA) is 69.7 Å². The van der Waals surface area contributed by atoms with E-state index in [0.717, 1.165) is 18.8 Å². The number of hydrogen-bond donors (Lipinski definition) is 1. The summed E-state index contributed by atoms with van der Waals surface area (Å²) < 4.78 is 25.4. The molecule has 4 rings (SSSR count). The van der Waals surface area contributed by atoms with Gasteiger partial charge in [0, 0.05) is 36.6 Å². The highest BCUT2D eigenvalue weighted by Crippen LogP contribution is 2.25. The van der Waals surface area contributed by atoms with Gasteiger partial charge in [0.2, 0.25) is 10.0 Å². The Morgan fingerprint density at radius 3 is 2.04 bits per heavy atom. The first kappa shape index (κ1) is 18.8. The number of nitrogens with one attached hydrogen (secondary N) is 1. The molecule has 0 saturated carbocycles. The van der Waals surface area contributed by atoms with E-state index in [1.807, 2.05) is 24.3 Å². The van der Waals surface area contributed by atoms with E-state index in [9.17, 15) is 13.2 Å². The van der Waals surface area contributed by atoms with Crippen molar-refractivity contribution in [3.05, 3.63) is 54.1 Å². The van der Waals surface area contributed by atoms with Crippen LogP contribution in [0.15, 0.2) is 48.5 Å². The number of benzene rings is 2. The Morgan fingerprint density at radius 1 is 0.786 bits per heavy atom. The fraction of sp³-hybridized carbons (Fsp3) is 0.381. The molecular weight excluding hydrogens is 374 g/mol. The normalized spacial score (nSPS) is 18.9. The van der Waals surface area contributed by atoms with Gasteiger partial charge in [-0.15, -0.1) is 0 Å². The Hall–Kier alpha value is -2.54. The highest BCUT2D eigenvalue weighted by atomic mass is 32.2. The highest BCUT2D eigenvalue weighted by Gasteiger charge is 2.28. The average Bonchev–Trinajstić information content (AvgIpc) is 3.08. The lowest BCUT2D eigenvalue weighted by atomic mass is 10.1. The van der Waals surface area contributed by atoms with Gasteiger partial charge in [-0.1, -0.05) is 0 Å². The number of nitrogens with zero attached hydrogens (tertiary/aromatic N) is 2. The van der Waals surface area contributed by atoms with Crippen LogP contribution in [0.5, 0.6) is 0 Å². The third-order valence-electron chi connectivity index (χ3n) is 5.36. The fourth-order valence-corrected chi connectivity index (χ4v) is 5.38. The second kappa shape index (κ2) is 7.83. The minimum atomic E-state index is -3.21. The number of amides is 1. The third-order valence-corrected chi connectivity index (χ3v) is 7.23. The highest BCUT2D eigenvalue weighted by molar-refractivity contribution is 7.93. The Balaban J connectivity index is 1.40. The van der Waals surface area contributed by atoms with Crippen molar-refractivity contribution in [2.75, 3.05) is 39.9 Å². The summed E-state index contributed by atoms with van der Waals surface area (Å²) in [4.78, 5) is 14.9. The smallest absolute Gasteiger partial charge is 0.255 e. The molecule has 0 radical (unpaired) electrons. The van der Waals surface area contributed by atoms with E-state index in [1.54, 1.807) is 24.3 Å². The standard InChI is InChI=1S/C21H25N3O3S/c25-21(17-5-9-20(10-6-17)24-15-4-16-28(24,26)27)22-18-7-11-19(12-8-18)23-13-2-1-3-14-23/h5-12H,1-4,13-16H2,(H,22,25). The van der Waals surface area contributed by atoms with E-state index in [1.165, 1.54) is 29.3 Å². The van der Waals surface area contributed by atoms with Crippen molar-refractivity contribution >= 4 is 33.0 Å². The summed E-state index contributed by atoms with van der Waals surface area (Å²) >= 11 is 0. The molecule has 2 aromatic carbocycles. The summed E-state index contributed by atoms with van der Waals surface area (Å²) in [5.74, 6) is -0.0237. The maximum Gasteiger partial charge on any atom is 0.255 e. The molecule has 1 amide bonds. The van der Waals surface area contributed by atoms with Crippen LogP contribution in [0.4, 0.5) is 17.1 Å². The predicted octanol–water partition coefficient (Wildman–Crippen LogP) is 3.47. The van der Waals surface area contributed by atoms with E-state index in [2.05, 4.69) is 10.2 Å². The number of carbonyl (C=O) groups is 1. The first-order chi connectivity index (χ1) is 13.5. The molecule has 2 heterocycles. The Labute approximate surface area is 166 Å². The summed E-state index contributed by atoms with van der Waals surface area (Å²) in [6.45, 7) is 2.67. The fourth-order valence-electron chi connectivity index (χ4n) is 3.82. The molecule has 148 valence electrons. The summed E-state index contributed by atoms with van der Waals surface area (Å²) in [6, 6.07) is 14.7. The molecule has 0 atom stereocenters. The van der Waals surface area contributed by atoms with Gasteiger partial charge in [0.25, 0.3) is 5.91 Å². The molecule has 0 aliphatic carbocycles. The van der Waals surface area contributed by atoms with E-state index < -0.39 is 10.0 Å². The SMILES string of the molecule is O=C(Nc1ccc(N2CCCCC2)cc1)c1ccc(N2CCCS2(=O)=O)cc1. The van der Waals surface area contributed by atoms with Gasteiger partial charge in [-0.2, -0.15) is 0 Å². The van der Waals surface area contributed by atoms with Crippen LogP contribution >= 0.6 is 0 Å². The van der Waals surface area contributed by atoms with Crippen LogP contribution in [0, 0.1) is 0 Å². The average molecular weight is 400 g/mol. The summed E-state index contributed by atoms with van der Waals surface area (Å²) in [6.07, 6.45) is 4.39. The number of carbonyl (C=O) groups excluding carboxylic acids is 1. The Morgan fingerprint density at radius 2 is 1.43 bits per heavy atom. The number of anilines is 3. The molecule has 0 spiro atoms. The second-order valence-corrected chi connectivity index (χ2v) is 9.35. The molecule has 7 heteroatoms. The van der Waals surface area contributed by atoms with Gasteiger partial charge in [-0.3, -0.25) is 9.10 Å². The van der Waals surface area contributed by atoms with Crippen LogP contribution < -0.4 is 14.5 Å². The molecule has 2 aliphatic rings. The molecule has 2 aromatic rings.